The van der Waals surface area contributed by atoms with Crippen LogP contribution in [0.5, 0.6) is 0 Å². The highest BCUT2D eigenvalue weighted by molar-refractivity contribution is 6.33. The maximum Gasteiger partial charge on any atom is 0.256 e. The third-order valence-corrected chi connectivity index (χ3v) is 5.75. The Kier molecular flexibility index (Phi) is 6.04. The van der Waals surface area contributed by atoms with Crippen molar-refractivity contribution in [3.05, 3.63) is 102 Å². The molecule has 2 aromatic heterocycles. The first-order valence-corrected chi connectivity index (χ1v) is 11.3. The van der Waals surface area contributed by atoms with Gasteiger partial charge in [0.05, 0.1) is 16.1 Å². The molecule has 0 fully saturated rings. The number of aromatic nitrogens is 1. The molecule has 0 aliphatic heterocycles. The molecule has 0 radical (unpaired) electrons. The first kappa shape index (κ1) is 22.4. The van der Waals surface area contributed by atoms with Crippen molar-refractivity contribution in [3.8, 4) is 22.8 Å². The number of hydrogen-bond donors (Lipinski definition) is 2. The highest BCUT2D eigenvalue weighted by Crippen LogP contribution is 2.33. The van der Waals surface area contributed by atoms with Crippen LogP contribution < -0.4 is 10.6 Å². The molecule has 0 bridgehead atoms. The highest BCUT2D eigenvalue weighted by atomic mass is 35.5. The molecule has 0 aliphatic carbocycles. The molecule has 2 heterocycles. The van der Waals surface area contributed by atoms with Crippen LogP contribution in [0.3, 0.4) is 0 Å². The van der Waals surface area contributed by atoms with Crippen molar-refractivity contribution in [2.45, 2.75) is 6.92 Å². The summed E-state index contributed by atoms with van der Waals surface area (Å²) in [7, 11) is 0. The van der Waals surface area contributed by atoms with Crippen molar-refractivity contribution in [2.24, 2.45) is 0 Å². The number of pyridine rings is 1. The minimum atomic E-state index is -0.282. The van der Waals surface area contributed by atoms with Crippen molar-refractivity contribution >= 4 is 45.7 Å². The highest BCUT2D eigenvalue weighted by Gasteiger charge is 2.17. The molecular formula is C28H20ClN3O3. The Bertz CT molecular complexity index is 1560. The first-order chi connectivity index (χ1) is 17.0. The Labute approximate surface area is 206 Å². The summed E-state index contributed by atoms with van der Waals surface area (Å²) in [6.45, 7) is 1.44. The quantitative estimate of drug-likeness (QED) is 0.282. The van der Waals surface area contributed by atoms with E-state index in [0.717, 1.165) is 10.9 Å². The van der Waals surface area contributed by atoms with E-state index in [9.17, 15) is 9.59 Å². The number of benzene rings is 3. The topological polar surface area (TPSA) is 84.2 Å². The van der Waals surface area contributed by atoms with E-state index < -0.39 is 0 Å². The minimum absolute atomic E-state index is 0.159. The van der Waals surface area contributed by atoms with Gasteiger partial charge in [-0.3, -0.25) is 9.59 Å². The molecular weight excluding hydrogens is 462 g/mol. The van der Waals surface area contributed by atoms with Gasteiger partial charge in [-0.15, -0.1) is 0 Å². The Morgan fingerprint density at radius 1 is 0.800 bits per heavy atom. The van der Waals surface area contributed by atoms with Gasteiger partial charge in [-0.05, 0) is 60.7 Å². The fourth-order valence-corrected chi connectivity index (χ4v) is 4.04. The maximum atomic E-state index is 13.3. The lowest BCUT2D eigenvalue weighted by molar-refractivity contribution is -0.114. The fourth-order valence-electron chi connectivity index (χ4n) is 3.81. The van der Waals surface area contributed by atoms with Crippen LogP contribution in [0.2, 0.25) is 5.02 Å². The van der Waals surface area contributed by atoms with E-state index in [0.29, 0.717) is 44.7 Å². The molecule has 7 heteroatoms. The second-order valence-electron chi connectivity index (χ2n) is 7.93. The van der Waals surface area contributed by atoms with Gasteiger partial charge in [0, 0.05) is 29.2 Å². The number of anilines is 2. The van der Waals surface area contributed by atoms with Gasteiger partial charge in [-0.25, -0.2) is 4.98 Å². The molecule has 0 aliphatic rings. The number of halogens is 1. The predicted octanol–water partition coefficient (Wildman–Crippen LogP) is 7.03. The fraction of sp³-hybridized carbons (Fsp3) is 0.0357. The monoisotopic (exact) mass is 481 g/mol. The summed E-state index contributed by atoms with van der Waals surface area (Å²) < 4.78 is 6.07. The average molecular weight is 482 g/mol. The molecule has 5 rings (SSSR count). The molecule has 0 saturated carbocycles. The molecule has 0 atom stereocenters. The molecule has 2 amide bonds. The molecule has 0 saturated heterocycles. The van der Waals surface area contributed by atoms with Gasteiger partial charge in [-0.2, -0.15) is 0 Å². The summed E-state index contributed by atoms with van der Waals surface area (Å²) in [6, 6.07) is 27.2. The number of nitrogens with zero attached hydrogens (tertiary/aromatic N) is 1. The number of rotatable bonds is 5. The number of fused-ring (bicyclic) bond motifs is 1. The second-order valence-corrected chi connectivity index (χ2v) is 8.34. The Morgan fingerprint density at radius 2 is 1.46 bits per heavy atom. The predicted molar refractivity (Wildman–Crippen MR) is 139 cm³/mol. The second kappa shape index (κ2) is 9.44. The summed E-state index contributed by atoms with van der Waals surface area (Å²) >= 11 is 6.32. The van der Waals surface area contributed by atoms with Crippen LogP contribution >= 0.6 is 11.6 Å². The zero-order chi connectivity index (χ0) is 24.4. The zero-order valence-electron chi connectivity index (χ0n) is 18.7. The third kappa shape index (κ3) is 4.78. The Hall–Kier alpha value is -4.42. The van der Waals surface area contributed by atoms with Crippen molar-refractivity contribution in [1.82, 2.24) is 4.98 Å². The van der Waals surface area contributed by atoms with Crippen LogP contribution in [-0.2, 0) is 4.79 Å². The lowest BCUT2D eigenvalue weighted by atomic mass is 10.1. The average Bonchev–Trinajstić information content (AvgIpc) is 3.34. The molecule has 35 heavy (non-hydrogen) atoms. The van der Waals surface area contributed by atoms with E-state index in [1.165, 1.54) is 6.92 Å². The summed E-state index contributed by atoms with van der Waals surface area (Å²) in [5, 5.41) is 6.94. The maximum absolute atomic E-state index is 13.3. The molecule has 0 spiro atoms. The van der Waals surface area contributed by atoms with Gasteiger partial charge in [0.1, 0.15) is 11.5 Å². The molecule has 3 aromatic carbocycles. The van der Waals surface area contributed by atoms with Gasteiger partial charge < -0.3 is 15.1 Å². The van der Waals surface area contributed by atoms with E-state index >= 15 is 0 Å². The van der Waals surface area contributed by atoms with E-state index in [2.05, 4.69) is 10.6 Å². The Morgan fingerprint density at radius 3 is 2.20 bits per heavy atom. The van der Waals surface area contributed by atoms with E-state index in [4.69, 9.17) is 21.0 Å². The van der Waals surface area contributed by atoms with Crippen LogP contribution in [0.4, 0.5) is 11.4 Å². The van der Waals surface area contributed by atoms with E-state index in [-0.39, 0.29) is 11.8 Å². The van der Waals surface area contributed by atoms with Crippen molar-refractivity contribution in [3.63, 3.8) is 0 Å². The molecule has 0 unspecified atom stereocenters. The Balaban J connectivity index is 1.49. The largest absolute Gasteiger partial charge is 0.454 e. The lowest BCUT2D eigenvalue weighted by Gasteiger charge is -2.10. The number of carbonyl (C=O) groups excluding carboxylic acids is 2. The van der Waals surface area contributed by atoms with Gasteiger partial charge in [0.25, 0.3) is 5.91 Å². The van der Waals surface area contributed by atoms with Crippen molar-refractivity contribution < 1.29 is 14.0 Å². The number of furan rings is 1. The smallest absolute Gasteiger partial charge is 0.256 e. The zero-order valence-corrected chi connectivity index (χ0v) is 19.5. The number of carbonyl (C=O) groups is 2. The van der Waals surface area contributed by atoms with Crippen LogP contribution in [0.15, 0.2) is 95.4 Å². The first-order valence-electron chi connectivity index (χ1n) is 10.9. The van der Waals surface area contributed by atoms with Crippen molar-refractivity contribution in [2.75, 3.05) is 10.6 Å². The SMILES string of the molecule is CC(=O)Nc1ccc(NC(=O)c2cc(-c3ccc(-c4ccccc4Cl)o3)nc3ccccc23)cc1. The molecule has 172 valence electrons. The lowest BCUT2D eigenvalue weighted by Crippen LogP contribution is -2.13. The molecule has 6 nitrogen and oxygen atoms in total. The van der Waals surface area contributed by atoms with E-state index in [1.54, 1.807) is 36.4 Å². The van der Waals surface area contributed by atoms with E-state index in [1.807, 2.05) is 54.6 Å². The normalized spacial score (nSPS) is 10.8. The van der Waals surface area contributed by atoms with Gasteiger partial charge in [-0.1, -0.05) is 41.9 Å². The number of amides is 2. The van der Waals surface area contributed by atoms with Crippen molar-refractivity contribution in [1.29, 1.82) is 0 Å². The van der Waals surface area contributed by atoms with Gasteiger partial charge in [0.15, 0.2) is 5.76 Å². The summed E-state index contributed by atoms with van der Waals surface area (Å²) in [5.41, 5.74) is 3.71. The van der Waals surface area contributed by atoms with Crippen LogP contribution in [0.25, 0.3) is 33.7 Å². The number of hydrogen-bond acceptors (Lipinski definition) is 4. The van der Waals surface area contributed by atoms with Crippen LogP contribution in [-0.4, -0.2) is 16.8 Å². The number of para-hydroxylation sites is 1. The standard InChI is InChI=1S/C28H20ClN3O3/c1-17(33)30-18-10-12-19(13-11-18)31-28(34)22-16-25(32-24-9-5-3-6-20(22)24)27-15-14-26(35-27)21-7-2-4-8-23(21)29/h2-16H,1H3,(H,30,33)(H,31,34). The minimum Gasteiger partial charge on any atom is -0.454 e. The molecule has 2 N–H and O–H groups in total. The summed E-state index contributed by atoms with van der Waals surface area (Å²) in [6.07, 6.45) is 0. The van der Waals surface area contributed by atoms with Crippen LogP contribution in [0.1, 0.15) is 17.3 Å². The van der Waals surface area contributed by atoms with Gasteiger partial charge >= 0.3 is 0 Å². The van der Waals surface area contributed by atoms with Gasteiger partial charge in [0.2, 0.25) is 5.91 Å². The summed E-state index contributed by atoms with van der Waals surface area (Å²) in [4.78, 5) is 29.2. The van der Waals surface area contributed by atoms with Crippen LogP contribution in [0, 0.1) is 0 Å². The number of nitrogens with one attached hydrogen (secondary N) is 2. The summed E-state index contributed by atoms with van der Waals surface area (Å²) in [5.74, 6) is 0.702. The molecule has 5 aromatic rings. The third-order valence-electron chi connectivity index (χ3n) is 5.42.